The molecule has 0 saturated carbocycles. The van der Waals surface area contributed by atoms with Crippen LogP contribution in [0.15, 0.2) is 53.4 Å². The van der Waals surface area contributed by atoms with Crippen LogP contribution < -0.4 is 10.1 Å². The molecule has 0 fully saturated rings. The van der Waals surface area contributed by atoms with Gasteiger partial charge in [0.25, 0.3) is 5.91 Å². The number of carbonyl (C=O) groups is 1. The molecule has 8 heteroatoms. The molecule has 0 radical (unpaired) electrons. The molecular weight excluding hydrogens is 388 g/mol. The molecule has 1 N–H and O–H groups in total. The number of rotatable bonds is 6. The Bertz CT molecular complexity index is 986. The van der Waals surface area contributed by atoms with Crippen LogP contribution in [0.1, 0.15) is 33.4 Å². The summed E-state index contributed by atoms with van der Waals surface area (Å²) < 4.78 is 12.9. The van der Waals surface area contributed by atoms with Crippen LogP contribution in [0.3, 0.4) is 0 Å². The lowest BCUT2D eigenvalue weighted by molar-refractivity contribution is -0.00179. The molecule has 29 heavy (non-hydrogen) atoms. The zero-order valence-electron chi connectivity index (χ0n) is 16.3. The SMILES string of the molecule is COc1ccc(C2Cn3nnc(C(=O)NCc4ccc(SC)cc4)c3CO2)cc1. The molecule has 1 aliphatic heterocycles. The third-order valence-corrected chi connectivity index (χ3v) is 5.66. The van der Waals surface area contributed by atoms with Gasteiger partial charge in [0.2, 0.25) is 0 Å². The molecule has 150 valence electrons. The standard InChI is InChI=1S/C21H22N4O3S/c1-27-16-7-5-15(6-8-16)19-12-25-18(13-28-19)20(23-24-25)21(26)22-11-14-3-9-17(29-2)10-4-14/h3-10,19H,11-13H2,1-2H3,(H,22,26). The summed E-state index contributed by atoms with van der Waals surface area (Å²) in [6.45, 7) is 1.24. The maximum absolute atomic E-state index is 12.6. The molecule has 0 saturated heterocycles. The van der Waals surface area contributed by atoms with Gasteiger partial charge < -0.3 is 14.8 Å². The number of carbonyl (C=O) groups excluding carboxylic acids is 1. The molecule has 1 aliphatic rings. The normalized spacial score (nSPS) is 15.6. The van der Waals surface area contributed by atoms with Crippen LogP contribution in [0.25, 0.3) is 0 Å². The number of ether oxygens (including phenoxy) is 2. The lowest BCUT2D eigenvalue weighted by Gasteiger charge is -2.24. The van der Waals surface area contributed by atoms with Crippen molar-refractivity contribution in [2.45, 2.75) is 30.7 Å². The minimum atomic E-state index is -0.244. The van der Waals surface area contributed by atoms with Gasteiger partial charge in [0, 0.05) is 11.4 Å². The van der Waals surface area contributed by atoms with E-state index in [-0.39, 0.29) is 18.6 Å². The Morgan fingerprint density at radius 2 is 2.00 bits per heavy atom. The summed E-state index contributed by atoms with van der Waals surface area (Å²) in [5.74, 6) is 0.555. The van der Waals surface area contributed by atoms with Crippen molar-refractivity contribution >= 4 is 17.7 Å². The molecule has 0 spiro atoms. The number of nitrogens with zero attached hydrogens (tertiary/aromatic N) is 3. The van der Waals surface area contributed by atoms with Gasteiger partial charge >= 0.3 is 0 Å². The summed E-state index contributed by atoms with van der Waals surface area (Å²) in [5, 5.41) is 11.2. The van der Waals surface area contributed by atoms with E-state index in [1.54, 1.807) is 23.6 Å². The van der Waals surface area contributed by atoms with Crippen molar-refractivity contribution in [2.24, 2.45) is 0 Å². The zero-order valence-corrected chi connectivity index (χ0v) is 17.1. The van der Waals surface area contributed by atoms with Gasteiger partial charge in [0.15, 0.2) is 5.69 Å². The number of aromatic nitrogens is 3. The lowest BCUT2D eigenvalue weighted by Crippen LogP contribution is -2.27. The molecule has 3 aromatic rings. The summed E-state index contributed by atoms with van der Waals surface area (Å²) in [7, 11) is 1.64. The lowest BCUT2D eigenvalue weighted by atomic mass is 10.1. The molecular formula is C21H22N4O3S. The van der Waals surface area contributed by atoms with E-state index in [1.807, 2.05) is 54.8 Å². The average Bonchev–Trinajstić information content (AvgIpc) is 3.21. The smallest absolute Gasteiger partial charge is 0.274 e. The fourth-order valence-electron chi connectivity index (χ4n) is 3.22. The molecule has 1 atom stereocenters. The van der Waals surface area contributed by atoms with Crippen LogP contribution in [0.4, 0.5) is 0 Å². The highest BCUT2D eigenvalue weighted by atomic mass is 32.2. The van der Waals surface area contributed by atoms with Crippen molar-refractivity contribution < 1.29 is 14.3 Å². The fourth-order valence-corrected chi connectivity index (χ4v) is 3.63. The minimum absolute atomic E-state index is 0.138. The molecule has 4 rings (SSSR count). The maximum Gasteiger partial charge on any atom is 0.274 e. The first-order valence-electron chi connectivity index (χ1n) is 9.27. The van der Waals surface area contributed by atoms with Gasteiger partial charge in [-0.1, -0.05) is 29.5 Å². The van der Waals surface area contributed by atoms with Crippen molar-refractivity contribution in [3.05, 3.63) is 71.0 Å². The topological polar surface area (TPSA) is 78.3 Å². The van der Waals surface area contributed by atoms with E-state index in [1.165, 1.54) is 4.90 Å². The van der Waals surface area contributed by atoms with Gasteiger partial charge in [0.1, 0.15) is 11.9 Å². The second-order valence-corrected chi connectivity index (χ2v) is 7.55. The maximum atomic E-state index is 12.6. The Morgan fingerprint density at radius 3 is 2.69 bits per heavy atom. The third kappa shape index (κ3) is 4.28. The van der Waals surface area contributed by atoms with Gasteiger partial charge in [-0.3, -0.25) is 4.79 Å². The van der Waals surface area contributed by atoms with E-state index in [4.69, 9.17) is 9.47 Å². The second-order valence-electron chi connectivity index (χ2n) is 6.67. The summed E-state index contributed by atoms with van der Waals surface area (Å²) >= 11 is 1.69. The highest BCUT2D eigenvalue weighted by Gasteiger charge is 2.27. The predicted molar refractivity (Wildman–Crippen MR) is 110 cm³/mol. The minimum Gasteiger partial charge on any atom is -0.497 e. The van der Waals surface area contributed by atoms with E-state index in [9.17, 15) is 4.79 Å². The van der Waals surface area contributed by atoms with E-state index in [0.717, 1.165) is 16.9 Å². The Balaban J connectivity index is 1.40. The van der Waals surface area contributed by atoms with Crippen molar-refractivity contribution in [3.8, 4) is 5.75 Å². The van der Waals surface area contributed by atoms with Crippen LogP contribution in [0, 0.1) is 0 Å². The molecule has 0 aliphatic carbocycles. The first kappa shape index (κ1) is 19.5. The predicted octanol–water partition coefficient (Wildman–Crippen LogP) is 3.21. The number of thioether (sulfide) groups is 1. The van der Waals surface area contributed by atoms with Crippen LogP contribution in [0.2, 0.25) is 0 Å². The second kappa shape index (κ2) is 8.67. The van der Waals surface area contributed by atoms with Crippen LogP contribution in [-0.4, -0.2) is 34.3 Å². The highest BCUT2D eigenvalue weighted by molar-refractivity contribution is 7.98. The first-order valence-corrected chi connectivity index (χ1v) is 10.5. The van der Waals surface area contributed by atoms with Gasteiger partial charge in [-0.15, -0.1) is 16.9 Å². The van der Waals surface area contributed by atoms with E-state index < -0.39 is 0 Å². The highest BCUT2D eigenvalue weighted by Crippen LogP contribution is 2.28. The molecule has 7 nitrogen and oxygen atoms in total. The Kier molecular flexibility index (Phi) is 5.82. The number of amides is 1. The van der Waals surface area contributed by atoms with Gasteiger partial charge in [-0.05, 0) is 41.6 Å². The number of hydrogen-bond acceptors (Lipinski definition) is 6. The summed E-state index contributed by atoms with van der Waals surface area (Å²) in [4.78, 5) is 13.8. The molecule has 1 aromatic heterocycles. The van der Waals surface area contributed by atoms with Crippen LogP contribution >= 0.6 is 11.8 Å². The molecule has 2 heterocycles. The van der Waals surface area contributed by atoms with Gasteiger partial charge in [-0.2, -0.15) is 0 Å². The van der Waals surface area contributed by atoms with E-state index in [2.05, 4.69) is 15.6 Å². The Morgan fingerprint density at radius 1 is 1.24 bits per heavy atom. The first-order chi connectivity index (χ1) is 14.2. The van der Waals surface area contributed by atoms with E-state index >= 15 is 0 Å². The van der Waals surface area contributed by atoms with Crippen molar-refractivity contribution in [3.63, 3.8) is 0 Å². The van der Waals surface area contributed by atoms with Gasteiger partial charge in [-0.25, -0.2) is 4.68 Å². The number of nitrogens with one attached hydrogen (secondary N) is 1. The number of methoxy groups -OCH3 is 1. The van der Waals surface area contributed by atoms with Gasteiger partial charge in [0.05, 0.1) is 26.0 Å². The zero-order chi connectivity index (χ0) is 20.2. The molecule has 0 bridgehead atoms. The van der Waals surface area contributed by atoms with Crippen molar-refractivity contribution in [1.29, 1.82) is 0 Å². The number of fused-ring (bicyclic) bond motifs is 1. The van der Waals surface area contributed by atoms with Crippen LogP contribution in [-0.2, 0) is 24.4 Å². The van der Waals surface area contributed by atoms with Crippen molar-refractivity contribution in [1.82, 2.24) is 20.3 Å². The number of hydrogen-bond donors (Lipinski definition) is 1. The number of benzene rings is 2. The molecule has 1 unspecified atom stereocenters. The monoisotopic (exact) mass is 410 g/mol. The molecule has 2 aromatic carbocycles. The van der Waals surface area contributed by atoms with Crippen molar-refractivity contribution in [2.75, 3.05) is 13.4 Å². The largest absolute Gasteiger partial charge is 0.497 e. The Labute approximate surface area is 173 Å². The summed E-state index contributed by atoms with van der Waals surface area (Å²) in [5.41, 5.74) is 3.09. The average molecular weight is 410 g/mol. The molecule has 1 amide bonds. The Hall–Kier alpha value is -2.84. The third-order valence-electron chi connectivity index (χ3n) is 4.91. The van der Waals surface area contributed by atoms with Crippen LogP contribution in [0.5, 0.6) is 5.75 Å². The quantitative estimate of drug-likeness (QED) is 0.629. The summed E-state index contributed by atoms with van der Waals surface area (Å²) in [6, 6.07) is 15.9. The fraction of sp³-hybridized carbons (Fsp3) is 0.286. The summed E-state index contributed by atoms with van der Waals surface area (Å²) in [6.07, 6.45) is 1.90. The van der Waals surface area contributed by atoms with E-state index in [0.29, 0.717) is 24.5 Å².